The van der Waals surface area contributed by atoms with Gasteiger partial charge < -0.3 is 10.2 Å². The molecule has 0 bridgehead atoms. The molecule has 3 heteroatoms. The van der Waals surface area contributed by atoms with Crippen LogP contribution in [-0.2, 0) is 4.79 Å². The summed E-state index contributed by atoms with van der Waals surface area (Å²) in [6, 6.07) is 0.425. The quantitative estimate of drug-likeness (QED) is 0.756. The summed E-state index contributed by atoms with van der Waals surface area (Å²) in [7, 11) is 0. The first kappa shape index (κ1) is 12.9. The number of carbonyl (C=O) groups excluding carboxylic acids is 1. The van der Waals surface area contributed by atoms with Gasteiger partial charge in [0.2, 0.25) is 5.91 Å². The van der Waals surface area contributed by atoms with Gasteiger partial charge in [0.1, 0.15) is 0 Å². The van der Waals surface area contributed by atoms with E-state index in [0.717, 1.165) is 26.1 Å². The van der Waals surface area contributed by atoms with Gasteiger partial charge in [-0.15, -0.1) is 0 Å². The third-order valence-corrected chi connectivity index (χ3v) is 4.58. The number of likely N-dealkylation sites (tertiary alicyclic amines) is 1. The summed E-state index contributed by atoms with van der Waals surface area (Å²) in [5.41, 5.74) is 0. The van der Waals surface area contributed by atoms with E-state index >= 15 is 0 Å². The first-order valence-electron chi connectivity index (χ1n) is 7.10. The van der Waals surface area contributed by atoms with Crippen LogP contribution >= 0.6 is 0 Å². The van der Waals surface area contributed by atoms with Crippen molar-refractivity contribution in [3.63, 3.8) is 0 Å². The molecule has 2 rings (SSSR count). The van der Waals surface area contributed by atoms with E-state index in [-0.39, 0.29) is 5.92 Å². The fraction of sp³-hybridized carbons (Fsp3) is 0.929. The Kier molecular flexibility index (Phi) is 4.08. The Morgan fingerprint density at radius 1 is 1.24 bits per heavy atom. The first-order chi connectivity index (χ1) is 8.09. The van der Waals surface area contributed by atoms with Crippen LogP contribution in [0.5, 0.6) is 0 Å². The lowest BCUT2D eigenvalue weighted by Gasteiger charge is -2.41. The summed E-state index contributed by atoms with van der Waals surface area (Å²) < 4.78 is 0. The summed E-state index contributed by atoms with van der Waals surface area (Å²) in [6.07, 6.45) is 3.50. The van der Waals surface area contributed by atoms with E-state index in [4.69, 9.17) is 0 Å². The molecule has 0 aliphatic carbocycles. The van der Waals surface area contributed by atoms with Gasteiger partial charge in [-0.25, -0.2) is 0 Å². The number of hydrogen-bond donors (Lipinski definition) is 1. The van der Waals surface area contributed by atoms with Crippen LogP contribution in [0.15, 0.2) is 0 Å². The molecule has 1 amide bonds. The number of nitrogens with zero attached hydrogens (tertiary/aromatic N) is 1. The summed E-state index contributed by atoms with van der Waals surface area (Å²) in [4.78, 5) is 14.7. The zero-order chi connectivity index (χ0) is 12.4. The molecule has 2 aliphatic heterocycles. The molecule has 2 aliphatic rings. The fourth-order valence-corrected chi connectivity index (χ4v) is 3.23. The number of hydrogen-bond acceptors (Lipinski definition) is 2. The number of amides is 1. The van der Waals surface area contributed by atoms with Gasteiger partial charge in [-0.1, -0.05) is 13.8 Å². The molecule has 2 heterocycles. The molecule has 4 unspecified atom stereocenters. The van der Waals surface area contributed by atoms with Gasteiger partial charge in [-0.2, -0.15) is 0 Å². The van der Waals surface area contributed by atoms with Crippen molar-refractivity contribution in [2.45, 2.75) is 46.1 Å². The number of nitrogens with one attached hydrogen (secondary N) is 1. The van der Waals surface area contributed by atoms with Gasteiger partial charge in [-0.3, -0.25) is 4.79 Å². The number of rotatable bonds is 1. The van der Waals surface area contributed by atoms with Crippen LogP contribution in [0.1, 0.15) is 40.0 Å². The van der Waals surface area contributed by atoms with Crippen LogP contribution < -0.4 is 5.32 Å². The van der Waals surface area contributed by atoms with Crippen LogP contribution in [0.4, 0.5) is 0 Å². The summed E-state index contributed by atoms with van der Waals surface area (Å²) in [5.74, 6) is 1.89. The maximum Gasteiger partial charge on any atom is 0.227 e. The monoisotopic (exact) mass is 238 g/mol. The maximum absolute atomic E-state index is 12.5. The molecular weight excluding hydrogens is 212 g/mol. The highest BCUT2D eigenvalue weighted by Gasteiger charge is 2.34. The Bertz CT molecular complexity index is 279. The minimum Gasteiger partial charge on any atom is -0.339 e. The second-order valence-electron chi connectivity index (χ2n) is 6.09. The standard InChI is InChI=1S/C14H26N2O/c1-10-7-13(9-15-8-10)14(17)16-6-4-5-11(2)12(16)3/h10-13,15H,4-9H2,1-3H3. The Morgan fingerprint density at radius 3 is 2.71 bits per heavy atom. The van der Waals surface area contributed by atoms with Crippen molar-refractivity contribution in [3.8, 4) is 0 Å². The third-order valence-electron chi connectivity index (χ3n) is 4.58. The van der Waals surface area contributed by atoms with Crippen LogP contribution in [0.25, 0.3) is 0 Å². The van der Waals surface area contributed by atoms with Gasteiger partial charge >= 0.3 is 0 Å². The molecule has 0 saturated carbocycles. The Morgan fingerprint density at radius 2 is 2.00 bits per heavy atom. The van der Waals surface area contributed by atoms with E-state index < -0.39 is 0 Å². The topological polar surface area (TPSA) is 32.3 Å². The van der Waals surface area contributed by atoms with Gasteiger partial charge in [0.15, 0.2) is 0 Å². The smallest absolute Gasteiger partial charge is 0.227 e. The van der Waals surface area contributed by atoms with E-state index in [0.29, 0.717) is 23.8 Å². The predicted octanol–water partition coefficient (Wildman–Crippen LogP) is 1.88. The van der Waals surface area contributed by atoms with E-state index in [1.165, 1.54) is 12.8 Å². The molecule has 1 N–H and O–H groups in total. The Balaban J connectivity index is 1.98. The normalized spacial score (nSPS) is 39.1. The highest BCUT2D eigenvalue weighted by Crippen LogP contribution is 2.26. The molecule has 0 aromatic rings. The molecule has 0 spiro atoms. The minimum absolute atomic E-state index is 0.214. The number of piperidine rings is 2. The molecule has 0 radical (unpaired) electrons. The summed E-state index contributed by atoms with van der Waals surface area (Å²) in [5, 5.41) is 3.38. The fourth-order valence-electron chi connectivity index (χ4n) is 3.23. The first-order valence-corrected chi connectivity index (χ1v) is 7.10. The van der Waals surface area contributed by atoms with Crippen molar-refractivity contribution in [2.24, 2.45) is 17.8 Å². The highest BCUT2D eigenvalue weighted by molar-refractivity contribution is 5.79. The average molecular weight is 238 g/mol. The van der Waals surface area contributed by atoms with Crippen molar-refractivity contribution in [3.05, 3.63) is 0 Å². The maximum atomic E-state index is 12.5. The van der Waals surface area contributed by atoms with Gasteiger partial charge in [0, 0.05) is 19.1 Å². The predicted molar refractivity (Wildman–Crippen MR) is 69.7 cm³/mol. The second-order valence-corrected chi connectivity index (χ2v) is 6.09. The Labute approximate surface area is 105 Å². The summed E-state index contributed by atoms with van der Waals surface area (Å²) >= 11 is 0. The van der Waals surface area contributed by atoms with Crippen molar-refractivity contribution < 1.29 is 4.79 Å². The van der Waals surface area contributed by atoms with Gasteiger partial charge in [-0.05, 0) is 44.6 Å². The lowest BCUT2D eigenvalue weighted by Crippen LogP contribution is -2.51. The van der Waals surface area contributed by atoms with E-state index in [9.17, 15) is 4.79 Å². The molecule has 0 aromatic heterocycles. The molecule has 17 heavy (non-hydrogen) atoms. The summed E-state index contributed by atoms with van der Waals surface area (Å²) in [6.45, 7) is 9.62. The number of carbonyl (C=O) groups is 1. The van der Waals surface area contributed by atoms with Crippen molar-refractivity contribution in [2.75, 3.05) is 19.6 Å². The molecular formula is C14H26N2O. The second kappa shape index (κ2) is 5.38. The highest BCUT2D eigenvalue weighted by atomic mass is 16.2. The van der Waals surface area contributed by atoms with Crippen LogP contribution in [0.2, 0.25) is 0 Å². The molecule has 2 fully saturated rings. The zero-order valence-corrected chi connectivity index (χ0v) is 11.4. The lowest BCUT2D eigenvalue weighted by molar-refractivity contribution is -0.141. The SMILES string of the molecule is CC1CNCC(C(=O)N2CCCC(C)C2C)C1. The largest absolute Gasteiger partial charge is 0.339 e. The van der Waals surface area contributed by atoms with E-state index in [1.807, 2.05) is 0 Å². The Hall–Kier alpha value is -0.570. The zero-order valence-electron chi connectivity index (χ0n) is 11.4. The van der Waals surface area contributed by atoms with Crippen LogP contribution in [0, 0.1) is 17.8 Å². The van der Waals surface area contributed by atoms with Crippen LogP contribution in [-0.4, -0.2) is 36.5 Å². The molecule has 98 valence electrons. The van der Waals surface area contributed by atoms with Crippen molar-refractivity contribution in [1.29, 1.82) is 0 Å². The van der Waals surface area contributed by atoms with Gasteiger partial charge in [0.25, 0.3) is 0 Å². The van der Waals surface area contributed by atoms with Crippen molar-refractivity contribution >= 4 is 5.91 Å². The molecule has 2 saturated heterocycles. The molecule has 3 nitrogen and oxygen atoms in total. The van der Waals surface area contributed by atoms with Crippen molar-refractivity contribution in [1.82, 2.24) is 10.2 Å². The van der Waals surface area contributed by atoms with E-state index in [1.54, 1.807) is 0 Å². The van der Waals surface area contributed by atoms with E-state index in [2.05, 4.69) is 31.0 Å². The molecule has 4 atom stereocenters. The molecule has 0 aromatic carbocycles. The van der Waals surface area contributed by atoms with Gasteiger partial charge in [0.05, 0.1) is 5.92 Å². The van der Waals surface area contributed by atoms with Crippen LogP contribution in [0.3, 0.4) is 0 Å². The lowest BCUT2D eigenvalue weighted by atomic mass is 9.87. The average Bonchev–Trinajstić information content (AvgIpc) is 2.32. The third kappa shape index (κ3) is 2.82. The minimum atomic E-state index is 0.214.